The number of guanidine groups is 1. The molecule has 1 aliphatic rings. The van der Waals surface area contributed by atoms with Crippen LogP contribution in [-0.2, 0) is 24.0 Å². The summed E-state index contributed by atoms with van der Waals surface area (Å²) in [6.45, 7) is 0.698. The van der Waals surface area contributed by atoms with Crippen molar-refractivity contribution in [1.29, 1.82) is 0 Å². The van der Waals surface area contributed by atoms with Crippen LogP contribution >= 0.6 is 21.6 Å². The first-order chi connectivity index (χ1) is 15.2. The number of carbonyl (C=O) groups excluding carboxylic acids is 5. The van der Waals surface area contributed by atoms with Crippen molar-refractivity contribution in [3.8, 4) is 0 Å². The average molecular weight is 490 g/mol. The molecule has 1 saturated heterocycles. The van der Waals surface area contributed by atoms with E-state index in [0.29, 0.717) is 37.4 Å². The molecular weight excluding hydrogens is 458 g/mol. The Bertz CT molecular complexity index is 716. The summed E-state index contributed by atoms with van der Waals surface area (Å²) in [5, 5.41) is 7.93. The van der Waals surface area contributed by atoms with Crippen LogP contribution in [0.5, 0.6) is 0 Å². The van der Waals surface area contributed by atoms with E-state index in [1.165, 1.54) is 21.6 Å². The van der Waals surface area contributed by atoms with Crippen molar-refractivity contribution in [2.75, 3.05) is 24.6 Å². The van der Waals surface area contributed by atoms with E-state index in [4.69, 9.17) is 17.2 Å². The van der Waals surface area contributed by atoms with E-state index in [1.807, 2.05) is 0 Å². The number of ketones is 1. The fourth-order valence-corrected chi connectivity index (χ4v) is 4.65. The molecule has 1 aliphatic heterocycles. The van der Waals surface area contributed by atoms with E-state index >= 15 is 0 Å². The van der Waals surface area contributed by atoms with Crippen LogP contribution in [-0.4, -0.2) is 72.1 Å². The summed E-state index contributed by atoms with van der Waals surface area (Å²) in [7, 11) is 2.94. The maximum absolute atomic E-state index is 12.5. The highest BCUT2D eigenvalue weighted by molar-refractivity contribution is 8.76. The first-order valence-electron chi connectivity index (χ1n) is 10.2. The zero-order valence-corrected chi connectivity index (χ0v) is 19.4. The number of nitrogens with two attached hydrogens (primary N) is 3. The Balaban J connectivity index is 2.83. The van der Waals surface area contributed by atoms with Crippen molar-refractivity contribution < 1.29 is 24.0 Å². The minimum absolute atomic E-state index is 0.0574. The van der Waals surface area contributed by atoms with Crippen LogP contribution < -0.4 is 33.2 Å². The molecular formula is C18H31N7O5S2. The first kappa shape index (κ1) is 27.6. The van der Waals surface area contributed by atoms with Crippen LogP contribution in [0.1, 0.15) is 38.5 Å². The first-order valence-corrected chi connectivity index (χ1v) is 12.6. The summed E-state index contributed by atoms with van der Waals surface area (Å²) >= 11 is 0. The van der Waals surface area contributed by atoms with Gasteiger partial charge in [-0.2, -0.15) is 0 Å². The van der Waals surface area contributed by atoms with Gasteiger partial charge in [0.15, 0.2) is 11.7 Å². The Morgan fingerprint density at radius 3 is 2.28 bits per heavy atom. The number of Topliss-reactive ketones (excluding diaryl/α,β-unsaturated/α-hetero) is 1. The molecule has 1 fully saturated rings. The molecule has 14 heteroatoms. The topological polar surface area (TPSA) is 212 Å². The second kappa shape index (κ2) is 15.3. The van der Waals surface area contributed by atoms with Gasteiger partial charge in [0.05, 0.1) is 12.5 Å². The van der Waals surface area contributed by atoms with Gasteiger partial charge in [0.25, 0.3) is 0 Å². The van der Waals surface area contributed by atoms with E-state index in [0.717, 1.165) is 0 Å². The van der Waals surface area contributed by atoms with Gasteiger partial charge in [-0.05, 0) is 12.8 Å². The molecule has 0 aromatic carbocycles. The van der Waals surface area contributed by atoms with Gasteiger partial charge in [-0.25, -0.2) is 0 Å². The quantitative estimate of drug-likeness (QED) is 0.107. The van der Waals surface area contributed by atoms with Crippen molar-refractivity contribution in [3.05, 3.63) is 0 Å². The van der Waals surface area contributed by atoms with Crippen molar-refractivity contribution >= 4 is 57.0 Å². The van der Waals surface area contributed by atoms with Gasteiger partial charge >= 0.3 is 0 Å². The molecule has 1 heterocycles. The van der Waals surface area contributed by atoms with Gasteiger partial charge in [0, 0.05) is 43.9 Å². The smallest absolute Gasteiger partial charge is 0.242 e. The minimum atomic E-state index is -1.08. The van der Waals surface area contributed by atoms with E-state index in [2.05, 4.69) is 20.9 Å². The number of primary amides is 1. The summed E-state index contributed by atoms with van der Waals surface area (Å²) in [6.07, 6.45) is 0.177. The highest BCUT2D eigenvalue weighted by Gasteiger charge is 2.25. The number of hydrogen-bond donors (Lipinski definition) is 6. The van der Waals surface area contributed by atoms with Gasteiger partial charge < -0.3 is 33.2 Å². The van der Waals surface area contributed by atoms with Gasteiger partial charge in [-0.3, -0.25) is 29.0 Å². The summed E-state index contributed by atoms with van der Waals surface area (Å²) < 4.78 is 0. The van der Waals surface area contributed by atoms with E-state index in [9.17, 15) is 24.0 Å². The lowest BCUT2D eigenvalue weighted by atomic mass is 10.0. The summed E-state index contributed by atoms with van der Waals surface area (Å²) in [4.78, 5) is 64.6. The van der Waals surface area contributed by atoms with Gasteiger partial charge in [0.1, 0.15) is 6.04 Å². The van der Waals surface area contributed by atoms with Crippen molar-refractivity contribution in [3.63, 3.8) is 0 Å². The Hall–Kier alpha value is -2.48. The number of aliphatic imine (C=N–C) groups is 1. The van der Waals surface area contributed by atoms with Crippen LogP contribution in [0.2, 0.25) is 0 Å². The van der Waals surface area contributed by atoms with Crippen molar-refractivity contribution in [2.45, 2.75) is 50.6 Å². The Morgan fingerprint density at radius 1 is 0.938 bits per heavy atom. The molecule has 180 valence electrons. The second-order valence-corrected chi connectivity index (χ2v) is 9.71. The van der Waals surface area contributed by atoms with Crippen LogP contribution in [0, 0.1) is 0 Å². The van der Waals surface area contributed by atoms with Crippen LogP contribution in [0.3, 0.4) is 0 Å². The Morgan fingerprint density at radius 2 is 1.59 bits per heavy atom. The lowest BCUT2D eigenvalue weighted by molar-refractivity contribution is -0.132. The molecule has 0 aliphatic carbocycles. The fraction of sp³-hybridized carbons (Fsp3) is 0.667. The number of nitrogens with one attached hydrogen (secondary N) is 3. The summed E-state index contributed by atoms with van der Waals surface area (Å²) in [6, 6.07) is -1.89. The molecule has 2 unspecified atom stereocenters. The molecule has 0 spiro atoms. The van der Waals surface area contributed by atoms with Gasteiger partial charge in [0.2, 0.25) is 23.6 Å². The Kier molecular flexibility index (Phi) is 13.2. The highest BCUT2D eigenvalue weighted by atomic mass is 33.1. The van der Waals surface area contributed by atoms with Crippen molar-refractivity contribution in [1.82, 2.24) is 16.0 Å². The van der Waals surface area contributed by atoms with E-state index in [-0.39, 0.29) is 43.5 Å². The lowest BCUT2D eigenvalue weighted by Gasteiger charge is -2.19. The predicted octanol–water partition coefficient (Wildman–Crippen LogP) is -1.86. The fourth-order valence-electron chi connectivity index (χ4n) is 2.75. The molecule has 2 atom stereocenters. The molecule has 9 N–H and O–H groups in total. The van der Waals surface area contributed by atoms with Gasteiger partial charge in [-0.15, -0.1) is 0 Å². The molecule has 1 rings (SSSR count). The molecule has 0 aromatic heterocycles. The zero-order valence-electron chi connectivity index (χ0n) is 17.8. The molecule has 0 bridgehead atoms. The number of carbonyl (C=O) groups is 5. The van der Waals surface area contributed by atoms with Gasteiger partial charge in [-0.1, -0.05) is 21.6 Å². The average Bonchev–Trinajstić information content (AvgIpc) is 2.71. The van der Waals surface area contributed by atoms with Crippen LogP contribution in [0.15, 0.2) is 4.99 Å². The number of hydrogen-bond acceptors (Lipinski definition) is 8. The normalized spacial score (nSPS) is 22.1. The standard InChI is InChI=1S/C18H31N7O5S2/c19-14(27)10-12-13(26)3-4-15(28)24-11(2-1-6-23-18(20)21)17(30)22-7-9-32-31-8-5-16(29)25-12/h11-12H,1-10H2,(H2,19,27)(H,22,30)(H,24,28)(H,25,29)(H4,20,21,23). The molecule has 0 saturated carbocycles. The number of amides is 4. The van der Waals surface area contributed by atoms with Crippen molar-refractivity contribution in [2.24, 2.45) is 22.2 Å². The zero-order chi connectivity index (χ0) is 23.9. The van der Waals surface area contributed by atoms with Crippen LogP contribution in [0.25, 0.3) is 0 Å². The SMILES string of the molecule is NC(=O)CC1NC(=O)CCSSCCNC(=O)C(CCCN=C(N)N)NC(=O)CCC1=O. The second-order valence-electron chi connectivity index (χ2n) is 7.01. The molecule has 4 amide bonds. The highest BCUT2D eigenvalue weighted by Crippen LogP contribution is 2.21. The molecule has 0 radical (unpaired) electrons. The third-order valence-electron chi connectivity index (χ3n) is 4.31. The third-order valence-corrected chi connectivity index (χ3v) is 6.71. The van der Waals surface area contributed by atoms with E-state index in [1.54, 1.807) is 0 Å². The van der Waals surface area contributed by atoms with Crippen LogP contribution in [0.4, 0.5) is 0 Å². The summed E-state index contributed by atoms with van der Waals surface area (Å²) in [5.41, 5.74) is 15.8. The predicted molar refractivity (Wildman–Crippen MR) is 124 cm³/mol. The largest absolute Gasteiger partial charge is 0.370 e. The summed E-state index contributed by atoms with van der Waals surface area (Å²) in [5.74, 6) is -1.39. The van der Waals surface area contributed by atoms with E-state index < -0.39 is 29.7 Å². The number of rotatable bonds is 6. The lowest BCUT2D eigenvalue weighted by Crippen LogP contribution is -2.47. The molecule has 32 heavy (non-hydrogen) atoms. The monoisotopic (exact) mass is 489 g/mol. The third kappa shape index (κ3) is 12.4. The maximum Gasteiger partial charge on any atom is 0.242 e. The minimum Gasteiger partial charge on any atom is -0.370 e. The number of nitrogens with zero attached hydrogens (tertiary/aromatic N) is 1. The molecule has 12 nitrogen and oxygen atoms in total. The molecule has 0 aromatic rings. The Labute approximate surface area is 194 Å². The maximum atomic E-state index is 12.5.